The molecule has 1 saturated heterocycles. The number of primary amides is 1. The number of carbonyl (C=O) groups is 5. The second-order valence-electron chi connectivity index (χ2n) is 10.3. The highest BCUT2D eigenvalue weighted by Crippen LogP contribution is 2.22. The maximum atomic E-state index is 13.3. The first kappa shape index (κ1) is 31.9. The molecule has 4 unspecified atom stereocenters. The van der Waals surface area contributed by atoms with Gasteiger partial charge in [-0.3, -0.25) is 24.2 Å². The summed E-state index contributed by atoms with van der Waals surface area (Å²) in [5.41, 5.74) is 23.9. The van der Waals surface area contributed by atoms with E-state index in [4.69, 9.17) is 22.9 Å². The van der Waals surface area contributed by atoms with E-state index in [9.17, 15) is 29.1 Å². The molecule has 15 heteroatoms. The zero-order chi connectivity index (χ0) is 30.8. The van der Waals surface area contributed by atoms with Crippen molar-refractivity contribution in [3.05, 3.63) is 36.0 Å². The molecule has 42 heavy (non-hydrogen) atoms. The van der Waals surface area contributed by atoms with Gasteiger partial charge in [-0.25, -0.2) is 4.79 Å². The van der Waals surface area contributed by atoms with E-state index in [1.165, 1.54) is 4.90 Å². The first-order valence-electron chi connectivity index (χ1n) is 13.8. The quantitative estimate of drug-likeness (QED) is 0.0678. The maximum Gasteiger partial charge on any atom is 0.326 e. The molecule has 228 valence electrons. The van der Waals surface area contributed by atoms with Crippen LogP contribution in [0.1, 0.15) is 44.1 Å². The Bertz CT molecular complexity index is 1320. The Balaban J connectivity index is 1.66. The molecule has 4 atom stereocenters. The summed E-state index contributed by atoms with van der Waals surface area (Å²) >= 11 is 0. The lowest BCUT2D eigenvalue weighted by Gasteiger charge is -2.28. The van der Waals surface area contributed by atoms with Crippen LogP contribution in [0.3, 0.4) is 0 Å². The second-order valence-corrected chi connectivity index (χ2v) is 10.3. The van der Waals surface area contributed by atoms with Crippen molar-refractivity contribution in [3.63, 3.8) is 0 Å². The van der Waals surface area contributed by atoms with Crippen LogP contribution >= 0.6 is 0 Å². The van der Waals surface area contributed by atoms with Gasteiger partial charge in [-0.15, -0.1) is 0 Å². The van der Waals surface area contributed by atoms with Gasteiger partial charge in [0, 0.05) is 36.6 Å². The molecule has 1 fully saturated rings. The number of aromatic amines is 1. The molecular weight excluding hydrogens is 546 g/mol. The number of nitrogens with two attached hydrogens (primary N) is 4. The van der Waals surface area contributed by atoms with E-state index in [0.29, 0.717) is 19.4 Å². The van der Waals surface area contributed by atoms with Crippen LogP contribution in [0.25, 0.3) is 10.9 Å². The number of hydrogen-bond acceptors (Lipinski definition) is 7. The lowest BCUT2D eigenvalue weighted by Crippen LogP contribution is -2.56. The van der Waals surface area contributed by atoms with Gasteiger partial charge in [-0.05, 0) is 50.2 Å². The van der Waals surface area contributed by atoms with Crippen LogP contribution < -0.4 is 33.6 Å². The Hall–Kier alpha value is -4.66. The SMILES string of the molecule is NC(=O)CCC(NC(=O)C1CCCN1C(=O)C(N)Cc1c[nH]c2ccccc12)C(=O)NC(CCCN=C(N)N)C(=O)O. The van der Waals surface area contributed by atoms with Gasteiger partial charge in [-0.1, -0.05) is 18.2 Å². The zero-order valence-electron chi connectivity index (χ0n) is 23.3. The monoisotopic (exact) mass is 585 g/mol. The van der Waals surface area contributed by atoms with Crippen molar-refractivity contribution in [2.24, 2.45) is 27.9 Å². The number of hydrogen-bond donors (Lipinski definition) is 8. The van der Waals surface area contributed by atoms with Gasteiger partial charge >= 0.3 is 5.97 Å². The number of guanidine groups is 1. The smallest absolute Gasteiger partial charge is 0.326 e. The number of amides is 4. The largest absolute Gasteiger partial charge is 0.480 e. The molecule has 15 nitrogen and oxygen atoms in total. The van der Waals surface area contributed by atoms with E-state index in [-0.39, 0.29) is 44.6 Å². The summed E-state index contributed by atoms with van der Waals surface area (Å²) in [6.45, 7) is 0.478. The highest BCUT2D eigenvalue weighted by atomic mass is 16.4. The van der Waals surface area contributed by atoms with Crippen LogP contribution in [0, 0.1) is 0 Å². The molecule has 4 amide bonds. The first-order valence-corrected chi connectivity index (χ1v) is 13.8. The van der Waals surface area contributed by atoms with Crippen LogP contribution in [0.4, 0.5) is 0 Å². The number of fused-ring (bicyclic) bond motifs is 1. The molecule has 1 aromatic heterocycles. The number of H-pyrrole nitrogens is 1. The fraction of sp³-hybridized carbons (Fsp3) is 0.481. The molecule has 1 aliphatic rings. The minimum Gasteiger partial charge on any atom is -0.480 e. The lowest BCUT2D eigenvalue weighted by molar-refractivity contribution is -0.143. The van der Waals surface area contributed by atoms with E-state index in [1.54, 1.807) is 6.20 Å². The van der Waals surface area contributed by atoms with Gasteiger partial charge in [0.1, 0.15) is 18.1 Å². The number of carbonyl (C=O) groups excluding carboxylic acids is 4. The summed E-state index contributed by atoms with van der Waals surface area (Å²) in [7, 11) is 0. The number of aliphatic carboxylic acids is 1. The topological polar surface area (TPSA) is 265 Å². The van der Waals surface area contributed by atoms with Gasteiger partial charge < -0.3 is 48.6 Å². The third-order valence-electron chi connectivity index (χ3n) is 7.14. The first-order chi connectivity index (χ1) is 20.0. The third-order valence-corrected chi connectivity index (χ3v) is 7.14. The predicted molar refractivity (Wildman–Crippen MR) is 155 cm³/mol. The number of benzene rings is 1. The standard InChI is InChI=1S/C27H39N9O6/c28-17(13-15-14-33-18-6-2-1-5-16(15)18)25(40)36-12-4-8-21(36)24(39)34-19(9-10-22(29)37)23(38)35-20(26(41)42)7-3-11-32-27(30)31/h1-2,5-6,14,17,19-21,33H,3-4,7-13,28H2,(H2,29,37)(H,34,39)(H,35,38)(H,41,42)(H4,30,31,32). The normalized spacial score (nSPS) is 16.8. The maximum absolute atomic E-state index is 13.3. The molecule has 0 bridgehead atoms. The minimum atomic E-state index is -1.29. The van der Waals surface area contributed by atoms with E-state index >= 15 is 0 Å². The van der Waals surface area contributed by atoms with E-state index in [1.807, 2.05) is 24.3 Å². The van der Waals surface area contributed by atoms with E-state index < -0.39 is 53.8 Å². The van der Waals surface area contributed by atoms with Gasteiger partial charge in [0.25, 0.3) is 0 Å². The van der Waals surface area contributed by atoms with Gasteiger partial charge in [0.15, 0.2) is 5.96 Å². The average Bonchev–Trinajstić information content (AvgIpc) is 3.59. The average molecular weight is 586 g/mol. The fourth-order valence-corrected chi connectivity index (χ4v) is 5.00. The summed E-state index contributed by atoms with van der Waals surface area (Å²) in [5.74, 6) is -3.93. The molecular formula is C27H39N9O6. The highest BCUT2D eigenvalue weighted by molar-refractivity contribution is 5.95. The lowest BCUT2D eigenvalue weighted by atomic mass is 10.0. The predicted octanol–water partition coefficient (Wildman–Crippen LogP) is -1.60. The number of nitrogens with zero attached hydrogens (tertiary/aromatic N) is 2. The Labute approximate surface area is 242 Å². The fourth-order valence-electron chi connectivity index (χ4n) is 5.00. The molecule has 1 aromatic carbocycles. The summed E-state index contributed by atoms with van der Waals surface area (Å²) < 4.78 is 0. The summed E-state index contributed by atoms with van der Waals surface area (Å²) in [4.78, 5) is 71.2. The molecule has 2 aromatic rings. The third kappa shape index (κ3) is 8.67. The molecule has 0 radical (unpaired) electrons. The van der Waals surface area contributed by atoms with Crippen LogP contribution in [-0.4, -0.2) is 87.8 Å². The number of likely N-dealkylation sites (tertiary alicyclic amines) is 1. The Morgan fingerprint density at radius 2 is 1.81 bits per heavy atom. The molecule has 0 saturated carbocycles. The Morgan fingerprint density at radius 3 is 2.50 bits per heavy atom. The van der Waals surface area contributed by atoms with Crippen molar-refractivity contribution in [2.75, 3.05) is 13.1 Å². The van der Waals surface area contributed by atoms with Crippen molar-refractivity contribution in [2.45, 2.75) is 69.1 Å². The Kier molecular flexibility index (Phi) is 11.2. The van der Waals surface area contributed by atoms with Crippen molar-refractivity contribution < 1.29 is 29.1 Å². The van der Waals surface area contributed by atoms with Crippen molar-refractivity contribution >= 4 is 46.5 Å². The number of para-hydroxylation sites is 1. The van der Waals surface area contributed by atoms with Gasteiger partial charge in [0.05, 0.1) is 6.04 Å². The van der Waals surface area contributed by atoms with Crippen LogP contribution in [-0.2, 0) is 30.4 Å². The minimum absolute atomic E-state index is 0.0214. The summed E-state index contributed by atoms with van der Waals surface area (Å²) in [6, 6.07) is 3.31. The number of aliphatic imine (C=N–C) groups is 1. The van der Waals surface area contributed by atoms with Crippen molar-refractivity contribution in [3.8, 4) is 0 Å². The molecule has 0 spiro atoms. The van der Waals surface area contributed by atoms with E-state index in [0.717, 1.165) is 16.5 Å². The molecule has 2 heterocycles. The second kappa shape index (κ2) is 14.8. The molecule has 12 N–H and O–H groups in total. The number of carboxylic acid groups (broad SMARTS) is 1. The molecule has 3 rings (SSSR count). The van der Waals surface area contributed by atoms with Crippen LogP contribution in [0.2, 0.25) is 0 Å². The van der Waals surface area contributed by atoms with Crippen molar-refractivity contribution in [1.82, 2.24) is 20.5 Å². The number of aromatic nitrogens is 1. The molecule has 1 aliphatic heterocycles. The van der Waals surface area contributed by atoms with Crippen molar-refractivity contribution in [1.29, 1.82) is 0 Å². The molecule has 0 aliphatic carbocycles. The van der Waals surface area contributed by atoms with Crippen LogP contribution in [0.5, 0.6) is 0 Å². The van der Waals surface area contributed by atoms with Gasteiger partial charge in [0.2, 0.25) is 23.6 Å². The van der Waals surface area contributed by atoms with E-state index in [2.05, 4.69) is 20.6 Å². The highest BCUT2D eigenvalue weighted by Gasteiger charge is 2.38. The Morgan fingerprint density at radius 1 is 1.07 bits per heavy atom. The number of carboxylic acids is 1. The zero-order valence-corrected chi connectivity index (χ0v) is 23.3. The summed E-state index contributed by atoms with van der Waals surface area (Å²) in [5, 5.41) is 15.5. The van der Waals surface area contributed by atoms with Gasteiger partial charge in [-0.2, -0.15) is 0 Å². The number of nitrogens with one attached hydrogen (secondary N) is 3. The number of rotatable bonds is 15. The van der Waals surface area contributed by atoms with Crippen LogP contribution in [0.15, 0.2) is 35.5 Å². The summed E-state index contributed by atoms with van der Waals surface area (Å²) in [6.07, 6.45) is 2.87.